The van der Waals surface area contributed by atoms with Crippen molar-refractivity contribution in [2.24, 2.45) is 14.1 Å². The van der Waals surface area contributed by atoms with Gasteiger partial charge in [-0.1, -0.05) is 5.21 Å². The van der Waals surface area contributed by atoms with E-state index in [2.05, 4.69) is 10.3 Å². The van der Waals surface area contributed by atoms with E-state index in [0.29, 0.717) is 37.1 Å². The molecule has 8 nitrogen and oxygen atoms in total. The summed E-state index contributed by atoms with van der Waals surface area (Å²) in [5.41, 5.74) is 3.22. The molecule has 0 saturated heterocycles. The van der Waals surface area contributed by atoms with Gasteiger partial charge in [0.25, 0.3) is 0 Å². The lowest BCUT2D eigenvalue weighted by molar-refractivity contribution is 0.00523. The summed E-state index contributed by atoms with van der Waals surface area (Å²) in [6, 6.07) is 0. The van der Waals surface area contributed by atoms with Gasteiger partial charge in [0.15, 0.2) is 0 Å². The fourth-order valence-corrected chi connectivity index (χ4v) is 3.92. The van der Waals surface area contributed by atoms with Gasteiger partial charge >= 0.3 is 11.9 Å². The quantitative estimate of drug-likeness (QED) is 0.700. The number of hydrogen-bond donors (Lipinski definition) is 0. The molecule has 0 fully saturated rings. The van der Waals surface area contributed by atoms with Gasteiger partial charge < -0.3 is 14.0 Å². The third kappa shape index (κ3) is 4.42. The second-order valence-electron chi connectivity index (χ2n) is 9.82. The van der Waals surface area contributed by atoms with Crippen molar-refractivity contribution >= 4 is 11.9 Å². The Morgan fingerprint density at radius 1 is 0.800 bits per heavy atom. The second-order valence-corrected chi connectivity index (χ2v) is 9.82. The second kappa shape index (κ2) is 7.56. The zero-order valence-electron chi connectivity index (χ0n) is 19.3. The molecule has 0 N–H and O–H groups in total. The van der Waals surface area contributed by atoms with Crippen LogP contribution in [0.4, 0.5) is 0 Å². The van der Waals surface area contributed by atoms with Crippen molar-refractivity contribution in [1.82, 2.24) is 19.6 Å². The molecule has 0 unspecified atom stereocenters. The number of nitrogens with zero attached hydrogens (tertiary/aromatic N) is 4. The van der Waals surface area contributed by atoms with Crippen molar-refractivity contribution in [3.05, 3.63) is 33.9 Å². The first-order valence-corrected chi connectivity index (χ1v) is 10.3. The van der Waals surface area contributed by atoms with Gasteiger partial charge in [-0.15, -0.1) is 5.10 Å². The van der Waals surface area contributed by atoms with Crippen LogP contribution in [0.15, 0.2) is 0 Å². The maximum atomic E-state index is 13.1. The van der Waals surface area contributed by atoms with Gasteiger partial charge in [-0.3, -0.25) is 4.68 Å². The lowest BCUT2D eigenvalue weighted by Crippen LogP contribution is -2.27. The first-order valence-electron chi connectivity index (χ1n) is 10.3. The van der Waals surface area contributed by atoms with Crippen LogP contribution in [0.1, 0.15) is 85.0 Å². The number of hydrogen-bond acceptors (Lipinski definition) is 6. The molecule has 8 heteroatoms. The standard InChI is InChI=1S/C22H32N4O4/c1-21(2,3)29-19(27)17-13-9-11-15-16(26(8)24-23-15)12-10-14(13)18(25(17)7)20(28)30-22(4,5)6/h9-12H2,1-8H3. The molecule has 0 atom stereocenters. The van der Waals surface area contributed by atoms with E-state index in [1.807, 2.05) is 48.6 Å². The topological polar surface area (TPSA) is 88.2 Å². The molecule has 1 aliphatic carbocycles. The zero-order valence-corrected chi connectivity index (χ0v) is 19.3. The van der Waals surface area contributed by atoms with Crippen LogP contribution in [-0.2, 0) is 49.3 Å². The Labute approximate surface area is 177 Å². The van der Waals surface area contributed by atoms with Crippen molar-refractivity contribution in [1.29, 1.82) is 0 Å². The van der Waals surface area contributed by atoms with Gasteiger partial charge in [-0.2, -0.15) is 0 Å². The highest BCUT2D eigenvalue weighted by Crippen LogP contribution is 2.31. The summed E-state index contributed by atoms with van der Waals surface area (Å²) in [6.45, 7) is 11.0. The molecule has 2 heterocycles. The van der Waals surface area contributed by atoms with E-state index in [1.54, 1.807) is 16.3 Å². The minimum Gasteiger partial charge on any atom is -0.455 e. The molecule has 3 rings (SSSR count). The van der Waals surface area contributed by atoms with E-state index >= 15 is 0 Å². The summed E-state index contributed by atoms with van der Waals surface area (Å²) >= 11 is 0. The molecule has 30 heavy (non-hydrogen) atoms. The highest BCUT2D eigenvalue weighted by atomic mass is 16.6. The Morgan fingerprint density at radius 3 is 1.73 bits per heavy atom. The monoisotopic (exact) mass is 416 g/mol. The number of rotatable bonds is 2. The molecule has 1 aliphatic rings. The van der Waals surface area contributed by atoms with Crippen LogP contribution >= 0.6 is 0 Å². The SMILES string of the molecule is Cn1nnc2c1CCc1c(c(C(=O)OC(C)(C)C)n(C)c1C(=O)OC(C)(C)C)CC2. The maximum absolute atomic E-state index is 13.1. The predicted octanol–water partition coefficient (Wildman–Crippen LogP) is 2.95. The van der Waals surface area contributed by atoms with Crippen LogP contribution in [0, 0.1) is 0 Å². The van der Waals surface area contributed by atoms with E-state index in [4.69, 9.17) is 9.47 Å². The lowest BCUT2D eigenvalue weighted by Gasteiger charge is -2.21. The molecule has 0 radical (unpaired) electrons. The Morgan fingerprint density at radius 2 is 1.27 bits per heavy atom. The van der Waals surface area contributed by atoms with Gasteiger partial charge in [0.1, 0.15) is 22.6 Å². The van der Waals surface area contributed by atoms with Crippen molar-refractivity contribution < 1.29 is 19.1 Å². The fraction of sp³-hybridized carbons (Fsp3) is 0.636. The van der Waals surface area contributed by atoms with E-state index in [9.17, 15) is 9.59 Å². The number of carbonyl (C=O) groups excluding carboxylic acids is 2. The van der Waals surface area contributed by atoms with E-state index in [0.717, 1.165) is 22.5 Å². The van der Waals surface area contributed by atoms with Gasteiger partial charge in [0.2, 0.25) is 0 Å². The summed E-state index contributed by atoms with van der Waals surface area (Å²) in [7, 11) is 3.61. The number of ether oxygens (including phenoxy) is 2. The molecule has 0 aliphatic heterocycles. The van der Waals surface area contributed by atoms with Crippen LogP contribution in [0.3, 0.4) is 0 Å². The first-order chi connectivity index (χ1) is 13.8. The highest BCUT2D eigenvalue weighted by Gasteiger charge is 2.34. The van der Waals surface area contributed by atoms with Crippen LogP contribution in [0.5, 0.6) is 0 Å². The molecular weight excluding hydrogens is 384 g/mol. The Balaban J connectivity index is 2.12. The summed E-state index contributed by atoms with van der Waals surface area (Å²) in [5, 5.41) is 8.41. The lowest BCUT2D eigenvalue weighted by atomic mass is 9.93. The number of carbonyl (C=O) groups is 2. The Hall–Kier alpha value is -2.64. The first kappa shape index (κ1) is 22.1. The summed E-state index contributed by atoms with van der Waals surface area (Å²) in [5.74, 6) is -0.865. The Kier molecular flexibility index (Phi) is 5.56. The third-order valence-electron chi connectivity index (χ3n) is 5.04. The van der Waals surface area contributed by atoms with Crippen LogP contribution in [-0.4, -0.2) is 42.7 Å². The van der Waals surface area contributed by atoms with Gasteiger partial charge in [0.05, 0.1) is 11.4 Å². The number of fused-ring (bicyclic) bond motifs is 2. The van der Waals surface area contributed by atoms with E-state index in [1.165, 1.54) is 0 Å². The maximum Gasteiger partial charge on any atom is 0.355 e. The number of esters is 2. The molecule has 0 aromatic carbocycles. The summed E-state index contributed by atoms with van der Waals surface area (Å²) in [4.78, 5) is 26.2. The minimum absolute atomic E-state index is 0.410. The average Bonchev–Trinajstić information content (AvgIpc) is 3.02. The summed E-state index contributed by atoms with van der Waals surface area (Å²) < 4.78 is 14.8. The molecular formula is C22H32N4O4. The molecule has 0 bridgehead atoms. The van der Waals surface area contributed by atoms with Crippen molar-refractivity contribution in [2.75, 3.05) is 0 Å². The van der Waals surface area contributed by atoms with E-state index < -0.39 is 23.1 Å². The third-order valence-corrected chi connectivity index (χ3v) is 5.04. The van der Waals surface area contributed by atoms with Gasteiger partial charge in [0, 0.05) is 14.1 Å². The van der Waals surface area contributed by atoms with E-state index in [-0.39, 0.29) is 0 Å². The largest absolute Gasteiger partial charge is 0.455 e. The Bertz CT molecular complexity index is 986. The number of aromatic nitrogens is 4. The van der Waals surface area contributed by atoms with Crippen molar-refractivity contribution in [3.8, 4) is 0 Å². The number of aryl methyl sites for hydroxylation is 2. The molecule has 0 amide bonds. The zero-order chi connectivity index (χ0) is 22.4. The highest BCUT2D eigenvalue weighted by molar-refractivity contribution is 5.97. The normalized spacial score (nSPS) is 14.4. The smallest absolute Gasteiger partial charge is 0.355 e. The van der Waals surface area contributed by atoms with Crippen molar-refractivity contribution in [3.63, 3.8) is 0 Å². The van der Waals surface area contributed by atoms with Crippen LogP contribution < -0.4 is 0 Å². The van der Waals surface area contributed by atoms with Crippen LogP contribution in [0.25, 0.3) is 0 Å². The fourth-order valence-electron chi connectivity index (χ4n) is 3.92. The predicted molar refractivity (Wildman–Crippen MR) is 112 cm³/mol. The van der Waals surface area contributed by atoms with Gasteiger partial charge in [-0.05, 0) is 78.4 Å². The molecule has 2 aromatic heterocycles. The van der Waals surface area contributed by atoms with Crippen molar-refractivity contribution in [2.45, 2.75) is 78.4 Å². The molecule has 164 valence electrons. The van der Waals surface area contributed by atoms with Crippen LogP contribution in [0.2, 0.25) is 0 Å². The molecule has 2 aromatic rings. The van der Waals surface area contributed by atoms with Gasteiger partial charge in [-0.25, -0.2) is 9.59 Å². The molecule has 0 saturated carbocycles. The average molecular weight is 417 g/mol. The summed E-state index contributed by atoms with van der Waals surface area (Å²) in [6.07, 6.45) is 2.49. The molecule has 0 spiro atoms. The minimum atomic E-state index is -0.639.